The number of hydrogen-bond acceptors (Lipinski definition) is 3. The van der Waals surface area contributed by atoms with Crippen LogP contribution in [0.2, 0.25) is 0 Å². The van der Waals surface area contributed by atoms with Gasteiger partial charge in [-0.15, -0.1) is 0 Å². The average molecular weight is 273 g/mol. The maximum atomic E-state index is 12.1. The number of amides is 1. The minimum absolute atomic E-state index is 0.218. The summed E-state index contributed by atoms with van der Waals surface area (Å²) in [6, 6.07) is 4.16. The maximum absolute atomic E-state index is 12.1. The molecule has 0 unspecified atom stereocenters. The van der Waals surface area contributed by atoms with Crippen molar-refractivity contribution in [1.82, 2.24) is 15.2 Å². The second kappa shape index (κ2) is 5.52. The van der Waals surface area contributed by atoms with E-state index in [0.717, 1.165) is 32.5 Å². The van der Waals surface area contributed by atoms with Crippen LogP contribution < -0.4 is 5.32 Å². The highest BCUT2D eigenvalue weighted by atomic mass is 16.1. The third-order valence-corrected chi connectivity index (χ3v) is 5.09. The van der Waals surface area contributed by atoms with Gasteiger partial charge in [-0.1, -0.05) is 6.42 Å². The SMILES string of the molecule is CNC(=O)[C@@H]1CCC[C@]12CCN(Cc1ccncc1)C2. The van der Waals surface area contributed by atoms with Gasteiger partial charge in [0.2, 0.25) is 5.91 Å². The van der Waals surface area contributed by atoms with Crippen molar-refractivity contribution in [3.8, 4) is 0 Å². The molecule has 0 bridgehead atoms. The molecule has 1 amide bonds. The van der Waals surface area contributed by atoms with Crippen LogP contribution in [0.5, 0.6) is 0 Å². The highest BCUT2D eigenvalue weighted by molar-refractivity contribution is 5.79. The third-order valence-electron chi connectivity index (χ3n) is 5.09. The van der Waals surface area contributed by atoms with Gasteiger partial charge in [-0.25, -0.2) is 0 Å². The molecule has 0 radical (unpaired) electrons. The van der Waals surface area contributed by atoms with E-state index in [2.05, 4.69) is 27.3 Å². The van der Waals surface area contributed by atoms with E-state index < -0.39 is 0 Å². The van der Waals surface area contributed by atoms with Crippen molar-refractivity contribution in [3.05, 3.63) is 30.1 Å². The van der Waals surface area contributed by atoms with Crippen LogP contribution in [0, 0.1) is 11.3 Å². The molecule has 108 valence electrons. The number of pyridine rings is 1. The van der Waals surface area contributed by atoms with E-state index in [-0.39, 0.29) is 17.2 Å². The topological polar surface area (TPSA) is 45.2 Å². The fourth-order valence-corrected chi connectivity index (χ4v) is 4.08. The monoisotopic (exact) mass is 273 g/mol. The first-order valence-electron chi connectivity index (χ1n) is 7.56. The van der Waals surface area contributed by atoms with E-state index in [1.165, 1.54) is 18.4 Å². The molecule has 4 nitrogen and oxygen atoms in total. The minimum Gasteiger partial charge on any atom is -0.359 e. The van der Waals surface area contributed by atoms with Gasteiger partial charge in [0.25, 0.3) is 0 Å². The molecular formula is C16H23N3O. The Morgan fingerprint density at radius 1 is 1.45 bits per heavy atom. The molecule has 2 fully saturated rings. The van der Waals surface area contributed by atoms with Gasteiger partial charge >= 0.3 is 0 Å². The predicted molar refractivity (Wildman–Crippen MR) is 78.0 cm³/mol. The average Bonchev–Trinajstić information content (AvgIpc) is 3.07. The molecule has 20 heavy (non-hydrogen) atoms. The lowest BCUT2D eigenvalue weighted by molar-refractivity contribution is -0.127. The third kappa shape index (κ3) is 2.44. The molecule has 1 aliphatic heterocycles. The lowest BCUT2D eigenvalue weighted by atomic mass is 9.76. The van der Waals surface area contributed by atoms with Gasteiger partial charge in [0.15, 0.2) is 0 Å². The fourth-order valence-electron chi connectivity index (χ4n) is 4.08. The number of nitrogens with one attached hydrogen (secondary N) is 1. The van der Waals surface area contributed by atoms with Crippen LogP contribution in [0.3, 0.4) is 0 Å². The van der Waals surface area contributed by atoms with Crippen LogP contribution in [0.4, 0.5) is 0 Å². The van der Waals surface area contributed by atoms with Gasteiger partial charge in [0, 0.05) is 38.4 Å². The summed E-state index contributed by atoms with van der Waals surface area (Å²) in [5.41, 5.74) is 1.54. The van der Waals surface area contributed by atoms with Crippen molar-refractivity contribution in [2.75, 3.05) is 20.1 Å². The minimum atomic E-state index is 0.218. The Bertz CT molecular complexity index is 476. The Hall–Kier alpha value is -1.42. The van der Waals surface area contributed by atoms with E-state index in [0.29, 0.717) is 0 Å². The Balaban J connectivity index is 1.68. The molecule has 4 heteroatoms. The number of nitrogens with zero attached hydrogens (tertiary/aromatic N) is 2. The van der Waals surface area contributed by atoms with Gasteiger partial charge in [-0.05, 0) is 48.9 Å². The Morgan fingerprint density at radius 3 is 3.00 bits per heavy atom. The highest BCUT2D eigenvalue weighted by Gasteiger charge is 2.49. The molecule has 3 rings (SSSR count). The molecule has 1 N–H and O–H groups in total. The van der Waals surface area contributed by atoms with Crippen molar-refractivity contribution >= 4 is 5.91 Å². The largest absolute Gasteiger partial charge is 0.359 e. The molecular weight excluding hydrogens is 250 g/mol. The van der Waals surface area contributed by atoms with Crippen LogP contribution >= 0.6 is 0 Å². The molecule has 0 aromatic carbocycles. The summed E-state index contributed by atoms with van der Waals surface area (Å²) in [5, 5.41) is 2.86. The van der Waals surface area contributed by atoms with E-state index in [9.17, 15) is 4.79 Å². The lowest BCUT2D eigenvalue weighted by Crippen LogP contribution is -2.39. The number of aromatic nitrogens is 1. The first-order chi connectivity index (χ1) is 9.73. The quantitative estimate of drug-likeness (QED) is 0.913. The molecule has 2 aliphatic rings. The molecule has 2 heterocycles. The normalized spacial score (nSPS) is 29.9. The van der Waals surface area contributed by atoms with Gasteiger partial charge in [0.05, 0.1) is 0 Å². The Kier molecular flexibility index (Phi) is 3.74. The predicted octanol–water partition coefficient (Wildman–Crippen LogP) is 1.82. The van der Waals surface area contributed by atoms with Crippen molar-refractivity contribution in [3.63, 3.8) is 0 Å². The fraction of sp³-hybridized carbons (Fsp3) is 0.625. The van der Waals surface area contributed by atoms with Crippen LogP contribution in [0.1, 0.15) is 31.2 Å². The Labute approximate surface area is 120 Å². The summed E-state index contributed by atoms with van der Waals surface area (Å²) in [5.74, 6) is 0.461. The second-order valence-electron chi connectivity index (χ2n) is 6.24. The van der Waals surface area contributed by atoms with E-state index >= 15 is 0 Å². The number of carbonyl (C=O) groups is 1. The second-order valence-corrected chi connectivity index (χ2v) is 6.24. The molecule has 1 spiro atoms. The zero-order valence-electron chi connectivity index (χ0n) is 12.1. The Morgan fingerprint density at radius 2 is 2.25 bits per heavy atom. The first kappa shape index (κ1) is 13.6. The molecule has 1 aliphatic carbocycles. The number of likely N-dealkylation sites (tertiary alicyclic amines) is 1. The van der Waals surface area contributed by atoms with E-state index in [1.807, 2.05) is 12.4 Å². The summed E-state index contributed by atoms with van der Waals surface area (Å²) in [6.07, 6.45) is 8.33. The number of hydrogen-bond donors (Lipinski definition) is 1. The number of rotatable bonds is 3. The van der Waals surface area contributed by atoms with E-state index in [1.54, 1.807) is 7.05 Å². The van der Waals surface area contributed by atoms with Crippen molar-refractivity contribution in [2.45, 2.75) is 32.2 Å². The van der Waals surface area contributed by atoms with Crippen molar-refractivity contribution < 1.29 is 4.79 Å². The van der Waals surface area contributed by atoms with Gasteiger partial charge in [0.1, 0.15) is 0 Å². The summed E-state index contributed by atoms with van der Waals surface area (Å²) in [6.45, 7) is 3.15. The summed E-state index contributed by atoms with van der Waals surface area (Å²) in [4.78, 5) is 18.7. The maximum Gasteiger partial charge on any atom is 0.223 e. The molecule has 1 aromatic heterocycles. The van der Waals surface area contributed by atoms with E-state index in [4.69, 9.17) is 0 Å². The van der Waals surface area contributed by atoms with Gasteiger partial charge in [-0.2, -0.15) is 0 Å². The van der Waals surface area contributed by atoms with Crippen LogP contribution in [-0.2, 0) is 11.3 Å². The van der Waals surface area contributed by atoms with Crippen LogP contribution in [0.15, 0.2) is 24.5 Å². The van der Waals surface area contributed by atoms with Crippen molar-refractivity contribution in [2.24, 2.45) is 11.3 Å². The smallest absolute Gasteiger partial charge is 0.223 e. The van der Waals surface area contributed by atoms with Crippen LogP contribution in [0.25, 0.3) is 0 Å². The summed E-state index contributed by atoms with van der Waals surface area (Å²) >= 11 is 0. The van der Waals surface area contributed by atoms with Crippen molar-refractivity contribution in [1.29, 1.82) is 0 Å². The summed E-state index contributed by atoms with van der Waals surface area (Å²) in [7, 11) is 1.76. The standard InChI is InChI=1S/C16H23N3O/c1-17-15(20)14-3-2-6-16(14)7-10-19(12-16)11-13-4-8-18-9-5-13/h4-5,8-9,14H,2-3,6-7,10-12H2,1H3,(H,17,20)/t14-,16+/m0/s1. The molecule has 1 saturated heterocycles. The zero-order valence-corrected chi connectivity index (χ0v) is 12.1. The highest BCUT2D eigenvalue weighted by Crippen LogP contribution is 2.49. The van der Waals surface area contributed by atoms with Gasteiger partial charge in [-0.3, -0.25) is 14.7 Å². The first-order valence-corrected chi connectivity index (χ1v) is 7.56. The molecule has 1 saturated carbocycles. The molecule has 2 atom stereocenters. The lowest BCUT2D eigenvalue weighted by Gasteiger charge is -2.30. The number of carbonyl (C=O) groups excluding carboxylic acids is 1. The summed E-state index contributed by atoms with van der Waals surface area (Å²) < 4.78 is 0. The van der Waals surface area contributed by atoms with Crippen LogP contribution in [-0.4, -0.2) is 35.9 Å². The van der Waals surface area contributed by atoms with Gasteiger partial charge < -0.3 is 5.32 Å². The zero-order chi connectivity index (χ0) is 14.0. The molecule has 1 aromatic rings.